The number of carbonyl (C=O) groups excluding carboxylic acids is 1. The molecule has 0 aromatic heterocycles. The Bertz CT molecular complexity index is 556. The van der Waals surface area contributed by atoms with Crippen LogP contribution in [-0.4, -0.2) is 35.1 Å². The van der Waals surface area contributed by atoms with Gasteiger partial charge in [0.2, 0.25) is 0 Å². The van der Waals surface area contributed by atoms with Crippen LogP contribution in [0.1, 0.15) is 25.3 Å². The number of nitrogens with zero attached hydrogens (tertiary/aromatic N) is 1. The van der Waals surface area contributed by atoms with Crippen LogP contribution in [0.25, 0.3) is 0 Å². The summed E-state index contributed by atoms with van der Waals surface area (Å²) < 4.78 is 0. The zero-order valence-electron chi connectivity index (χ0n) is 12.1. The predicted molar refractivity (Wildman–Crippen MR) is 81.8 cm³/mol. The molecule has 0 saturated carbocycles. The van der Waals surface area contributed by atoms with Crippen molar-refractivity contribution in [3.05, 3.63) is 28.8 Å². The summed E-state index contributed by atoms with van der Waals surface area (Å²) in [5.74, 6) is -0.839. The number of halogens is 1. The Hall–Kier alpha value is -1.75. The number of hydrogen-bond acceptors (Lipinski definition) is 2. The summed E-state index contributed by atoms with van der Waals surface area (Å²) in [5, 5.41) is 12.6. The normalized spacial score (nSPS) is 21.4. The van der Waals surface area contributed by atoms with Gasteiger partial charge in [0.1, 0.15) is 0 Å². The third-order valence-corrected chi connectivity index (χ3v) is 4.54. The van der Waals surface area contributed by atoms with Crippen molar-refractivity contribution in [3.63, 3.8) is 0 Å². The number of rotatable bonds is 3. The Morgan fingerprint density at radius 1 is 1.48 bits per heavy atom. The minimum atomic E-state index is -0.839. The van der Waals surface area contributed by atoms with E-state index in [1.165, 1.54) is 0 Å². The lowest BCUT2D eigenvalue weighted by Crippen LogP contribution is -2.38. The number of para-hydroxylation sites is 1. The van der Waals surface area contributed by atoms with Crippen LogP contribution in [0.5, 0.6) is 0 Å². The standard InChI is InChI=1S/C15H19ClN2O3/c1-3-15(13(19)20)7-8-18(9-15)14(21)17-12-10(2)5-4-6-11(12)16/h4-6H,3,7-9H2,1-2H3,(H,17,21)(H,19,20). The van der Waals surface area contributed by atoms with E-state index >= 15 is 0 Å². The molecule has 1 atom stereocenters. The number of likely N-dealkylation sites (tertiary alicyclic amines) is 1. The van der Waals surface area contributed by atoms with Gasteiger partial charge in [-0.3, -0.25) is 4.79 Å². The number of urea groups is 1. The molecular formula is C15H19ClN2O3. The molecule has 1 aliphatic heterocycles. The Kier molecular flexibility index (Phi) is 4.42. The fourth-order valence-corrected chi connectivity index (χ4v) is 2.91. The topological polar surface area (TPSA) is 69.6 Å². The fraction of sp³-hybridized carbons (Fsp3) is 0.467. The van der Waals surface area contributed by atoms with E-state index in [0.717, 1.165) is 5.56 Å². The Morgan fingerprint density at radius 2 is 2.19 bits per heavy atom. The number of benzene rings is 1. The van der Waals surface area contributed by atoms with E-state index in [-0.39, 0.29) is 12.6 Å². The summed E-state index contributed by atoms with van der Waals surface area (Å²) in [4.78, 5) is 25.3. The van der Waals surface area contributed by atoms with Crippen molar-refractivity contribution >= 4 is 29.3 Å². The summed E-state index contributed by atoms with van der Waals surface area (Å²) in [6.45, 7) is 4.37. The second kappa shape index (κ2) is 5.93. The van der Waals surface area contributed by atoms with Crippen LogP contribution < -0.4 is 5.32 Å². The number of nitrogens with one attached hydrogen (secondary N) is 1. The lowest BCUT2D eigenvalue weighted by molar-refractivity contribution is -0.148. The summed E-state index contributed by atoms with van der Waals surface area (Å²) in [6, 6.07) is 5.08. The molecule has 1 fully saturated rings. The smallest absolute Gasteiger partial charge is 0.321 e. The highest BCUT2D eigenvalue weighted by molar-refractivity contribution is 6.33. The van der Waals surface area contributed by atoms with Gasteiger partial charge in [0.15, 0.2) is 0 Å². The molecule has 0 bridgehead atoms. The quantitative estimate of drug-likeness (QED) is 0.899. The first kappa shape index (κ1) is 15.6. The molecule has 114 valence electrons. The van der Waals surface area contributed by atoms with Crippen molar-refractivity contribution in [3.8, 4) is 0 Å². The Labute approximate surface area is 128 Å². The van der Waals surface area contributed by atoms with E-state index in [0.29, 0.717) is 30.1 Å². The number of carbonyl (C=O) groups is 2. The molecule has 1 unspecified atom stereocenters. The van der Waals surface area contributed by atoms with Crippen molar-refractivity contribution in [1.82, 2.24) is 4.90 Å². The van der Waals surface area contributed by atoms with Crippen LogP contribution in [-0.2, 0) is 4.79 Å². The van der Waals surface area contributed by atoms with Crippen LogP contribution >= 0.6 is 11.6 Å². The van der Waals surface area contributed by atoms with Gasteiger partial charge >= 0.3 is 12.0 Å². The lowest BCUT2D eigenvalue weighted by atomic mass is 9.84. The molecule has 0 radical (unpaired) electrons. The molecule has 1 saturated heterocycles. The minimum absolute atomic E-state index is 0.230. The highest BCUT2D eigenvalue weighted by atomic mass is 35.5. The second-order valence-electron chi connectivity index (χ2n) is 5.47. The highest BCUT2D eigenvalue weighted by Gasteiger charge is 2.44. The van der Waals surface area contributed by atoms with Crippen LogP contribution in [0.2, 0.25) is 5.02 Å². The molecule has 21 heavy (non-hydrogen) atoms. The molecule has 1 aliphatic rings. The van der Waals surface area contributed by atoms with E-state index in [9.17, 15) is 14.7 Å². The van der Waals surface area contributed by atoms with Gasteiger partial charge < -0.3 is 15.3 Å². The molecule has 0 spiro atoms. The average Bonchev–Trinajstić information content (AvgIpc) is 2.89. The van der Waals surface area contributed by atoms with Crippen molar-refractivity contribution in [2.75, 3.05) is 18.4 Å². The molecule has 2 N–H and O–H groups in total. The van der Waals surface area contributed by atoms with Crippen LogP contribution in [0.15, 0.2) is 18.2 Å². The first-order valence-electron chi connectivity index (χ1n) is 6.94. The molecule has 1 aromatic carbocycles. The summed E-state index contributed by atoms with van der Waals surface area (Å²) in [6.07, 6.45) is 0.991. The van der Waals surface area contributed by atoms with Gasteiger partial charge in [-0.25, -0.2) is 4.79 Å². The SMILES string of the molecule is CCC1(C(=O)O)CCN(C(=O)Nc2c(C)cccc2Cl)C1. The predicted octanol–water partition coefficient (Wildman–Crippen LogP) is 3.37. The highest BCUT2D eigenvalue weighted by Crippen LogP contribution is 2.35. The number of aliphatic carboxylic acids is 1. The van der Waals surface area contributed by atoms with E-state index in [2.05, 4.69) is 5.32 Å². The average molecular weight is 311 g/mol. The maximum Gasteiger partial charge on any atom is 0.321 e. The second-order valence-corrected chi connectivity index (χ2v) is 5.88. The molecule has 1 aromatic rings. The summed E-state index contributed by atoms with van der Waals surface area (Å²) in [7, 11) is 0. The number of aryl methyl sites for hydroxylation is 1. The van der Waals surface area contributed by atoms with Crippen LogP contribution in [0, 0.1) is 12.3 Å². The Balaban J connectivity index is 2.11. The molecule has 0 aliphatic carbocycles. The van der Waals surface area contributed by atoms with E-state index < -0.39 is 11.4 Å². The maximum absolute atomic E-state index is 12.3. The summed E-state index contributed by atoms with van der Waals surface area (Å²) in [5.41, 5.74) is 0.621. The van der Waals surface area contributed by atoms with Gasteiger partial charge in [-0.15, -0.1) is 0 Å². The van der Waals surface area contributed by atoms with E-state index in [4.69, 9.17) is 11.6 Å². The molecule has 2 amide bonds. The molecule has 2 rings (SSSR count). The van der Waals surface area contributed by atoms with Gasteiger partial charge in [-0.1, -0.05) is 30.7 Å². The van der Waals surface area contributed by atoms with Crippen molar-refractivity contribution in [2.24, 2.45) is 5.41 Å². The molecule has 1 heterocycles. The minimum Gasteiger partial charge on any atom is -0.481 e. The lowest BCUT2D eigenvalue weighted by Gasteiger charge is -2.23. The third-order valence-electron chi connectivity index (χ3n) is 4.23. The monoisotopic (exact) mass is 310 g/mol. The van der Waals surface area contributed by atoms with E-state index in [1.54, 1.807) is 11.0 Å². The number of carboxylic acid groups (broad SMARTS) is 1. The molecule has 6 heteroatoms. The van der Waals surface area contributed by atoms with Gasteiger partial charge in [0.05, 0.1) is 16.1 Å². The number of anilines is 1. The first-order valence-corrected chi connectivity index (χ1v) is 7.32. The van der Waals surface area contributed by atoms with Crippen molar-refractivity contribution in [2.45, 2.75) is 26.7 Å². The van der Waals surface area contributed by atoms with Gasteiger partial charge in [0, 0.05) is 13.1 Å². The molecule has 5 nitrogen and oxygen atoms in total. The first-order chi connectivity index (χ1) is 9.89. The zero-order chi connectivity index (χ0) is 15.6. The zero-order valence-corrected chi connectivity index (χ0v) is 12.9. The largest absolute Gasteiger partial charge is 0.481 e. The van der Waals surface area contributed by atoms with Crippen molar-refractivity contribution < 1.29 is 14.7 Å². The fourth-order valence-electron chi connectivity index (χ4n) is 2.64. The number of amides is 2. The van der Waals surface area contributed by atoms with Crippen LogP contribution in [0.3, 0.4) is 0 Å². The third kappa shape index (κ3) is 2.97. The van der Waals surface area contributed by atoms with Gasteiger partial charge in [-0.05, 0) is 31.4 Å². The van der Waals surface area contributed by atoms with Gasteiger partial charge in [-0.2, -0.15) is 0 Å². The number of hydrogen-bond donors (Lipinski definition) is 2. The summed E-state index contributed by atoms with van der Waals surface area (Å²) >= 11 is 6.09. The van der Waals surface area contributed by atoms with Crippen LogP contribution in [0.4, 0.5) is 10.5 Å². The van der Waals surface area contributed by atoms with E-state index in [1.807, 2.05) is 26.0 Å². The maximum atomic E-state index is 12.3. The van der Waals surface area contributed by atoms with Crippen molar-refractivity contribution in [1.29, 1.82) is 0 Å². The Morgan fingerprint density at radius 3 is 2.71 bits per heavy atom. The number of carboxylic acids is 1. The molecular weight excluding hydrogens is 292 g/mol. The van der Waals surface area contributed by atoms with Gasteiger partial charge in [0.25, 0.3) is 0 Å².